The predicted octanol–water partition coefficient (Wildman–Crippen LogP) is 2.84. The molecular formula is C19H21F2N3O2. The summed E-state index contributed by atoms with van der Waals surface area (Å²) in [5, 5.41) is 0. The lowest BCUT2D eigenvalue weighted by Crippen LogP contribution is -2.42. The summed E-state index contributed by atoms with van der Waals surface area (Å²) in [6.45, 7) is 2.81. The molecule has 3 rings (SSSR count). The summed E-state index contributed by atoms with van der Waals surface area (Å²) in [4.78, 5) is 32.8. The van der Waals surface area contributed by atoms with Crippen LogP contribution in [0.5, 0.6) is 0 Å². The molecule has 7 heteroatoms. The lowest BCUT2D eigenvalue weighted by Gasteiger charge is -2.32. The van der Waals surface area contributed by atoms with Gasteiger partial charge < -0.3 is 9.88 Å². The van der Waals surface area contributed by atoms with Gasteiger partial charge in [0.05, 0.1) is 0 Å². The Bertz CT molecular complexity index is 866. The van der Waals surface area contributed by atoms with E-state index in [1.807, 2.05) is 0 Å². The van der Waals surface area contributed by atoms with Gasteiger partial charge in [-0.05, 0) is 56.2 Å². The van der Waals surface area contributed by atoms with Crippen LogP contribution >= 0.6 is 0 Å². The Morgan fingerprint density at radius 2 is 2.15 bits per heavy atom. The molecule has 2 heterocycles. The number of hydrogen-bond donors (Lipinski definition) is 1. The molecule has 0 aliphatic carbocycles. The van der Waals surface area contributed by atoms with Crippen molar-refractivity contribution in [2.24, 2.45) is 5.92 Å². The second kappa shape index (κ2) is 7.76. The van der Waals surface area contributed by atoms with Crippen LogP contribution in [0.25, 0.3) is 0 Å². The van der Waals surface area contributed by atoms with Crippen LogP contribution < -0.4 is 5.56 Å². The molecule has 0 bridgehead atoms. The average Bonchev–Trinajstić information content (AvgIpc) is 2.62. The maximum atomic E-state index is 13.3. The van der Waals surface area contributed by atoms with Crippen LogP contribution in [0.15, 0.2) is 29.2 Å². The summed E-state index contributed by atoms with van der Waals surface area (Å²) < 4.78 is 26.3. The minimum absolute atomic E-state index is 0.0526. The number of piperidine rings is 1. The molecule has 5 nitrogen and oxygen atoms in total. The maximum absolute atomic E-state index is 13.3. The molecule has 1 fully saturated rings. The first-order chi connectivity index (χ1) is 12.4. The first kappa shape index (κ1) is 18.2. The maximum Gasteiger partial charge on any atom is 0.263 e. The Balaban J connectivity index is 1.62. The van der Waals surface area contributed by atoms with Gasteiger partial charge in [0.15, 0.2) is 11.6 Å². The zero-order chi connectivity index (χ0) is 18.7. The largest absolute Gasteiger partial charge is 0.338 e. The summed E-state index contributed by atoms with van der Waals surface area (Å²) in [6, 6.07) is 3.94. The molecule has 1 N–H and O–H groups in total. The molecule has 138 valence electrons. The number of H-pyrrole nitrogens is 1. The lowest BCUT2D eigenvalue weighted by molar-refractivity contribution is 0.0666. The average molecular weight is 361 g/mol. The van der Waals surface area contributed by atoms with Crippen molar-refractivity contribution in [1.82, 2.24) is 14.9 Å². The standard InChI is InChI=1S/C19H21F2N3O2/c1-12-22-10-15(18(25)23-12)19(26)24-8-2-3-14(11-24)5-4-13-6-7-16(20)17(21)9-13/h6-7,9-10,14H,2-5,8,11H2,1H3,(H,22,23,25). The molecule has 0 radical (unpaired) electrons. The summed E-state index contributed by atoms with van der Waals surface area (Å²) in [5.41, 5.74) is 0.370. The fourth-order valence-corrected chi connectivity index (χ4v) is 3.36. The number of aryl methyl sites for hydroxylation is 2. The van der Waals surface area contributed by atoms with Crippen LogP contribution in [0.2, 0.25) is 0 Å². The summed E-state index contributed by atoms with van der Waals surface area (Å²) in [6.07, 6.45) is 4.54. The van der Waals surface area contributed by atoms with Gasteiger partial charge in [0.1, 0.15) is 11.4 Å². The molecule has 1 aromatic heterocycles. The first-order valence-electron chi connectivity index (χ1n) is 8.73. The molecule has 1 atom stereocenters. The topological polar surface area (TPSA) is 66.1 Å². The number of nitrogens with one attached hydrogen (secondary N) is 1. The van der Waals surface area contributed by atoms with Crippen molar-refractivity contribution in [3.63, 3.8) is 0 Å². The van der Waals surface area contributed by atoms with Gasteiger partial charge in [-0.25, -0.2) is 13.8 Å². The van der Waals surface area contributed by atoms with Crippen LogP contribution in [-0.4, -0.2) is 33.9 Å². The van der Waals surface area contributed by atoms with E-state index in [1.165, 1.54) is 12.3 Å². The monoisotopic (exact) mass is 361 g/mol. The van der Waals surface area contributed by atoms with Crippen molar-refractivity contribution in [3.8, 4) is 0 Å². The molecule has 1 saturated heterocycles. The summed E-state index contributed by atoms with van der Waals surface area (Å²) in [7, 11) is 0. The van der Waals surface area contributed by atoms with E-state index in [-0.39, 0.29) is 17.4 Å². The Labute approximate surface area is 150 Å². The van der Waals surface area contributed by atoms with E-state index >= 15 is 0 Å². The third-order valence-corrected chi connectivity index (χ3v) is 4.79. The van der Waals surface area contributed by atoms with Crippen LogP contribution in [0.3, 0.4) is 0 Å². The Kier molecular flexibility index (Phi) is 5.44. The van der Waals surface area contributed by atoms with Crippen molar-refractivity contribution in [2.45, 2.75) is 32.6 Å². The number of hydrogen-bond acceptors (Lipinski definition) is 3. The van der Waals surface area contributed by atoms with E-state index in [2.05, 4.69) is 9.97 Å². The molecule has 0 saturated carbocycles. The molecule has 1 aromatic carbocycles. The molecule has 2 aromatic rings. The van der Waals surface area contributed by atoms with E-state index in [0.29, 0.717) is 25.3 Å². The zero-order valence-corrected chi connectivity index (χ0v) is 14.6. The van der Waals surface area contributed by atoms with E-state index in [9.17, 15) is 18.4 Å². The molecule has 1 unspecified atom stereocenters. The van der Waals surface area contributed by atoms with Crippen LogP contribution in [0.1, 0.15) is 41.0 Å². The number of likely N-dealkylation sites (tertiary alicyclic amines) is 1. The number of halogens is 2. The normalized spacial score (nSPS) is 17.3. The summed E-state index contributed by atoms with van der Waals surface area (Å²) in [5.74, 6) is -1.27. The second-order valence-corrected chi connectivity index (χ2v) is 6.76. The number of benzene rings is 1. The number of aromatic amines is 1. The van der Waals surface area contributed by atoms with Gasteiger partial charge in [-0.15, -0.1) is 0 Å². The molecule has 0 spiro atoms. The highest BCUT2D eigenvalue weighted by Gasteiger charge is 2.26. The molecular weight excluding hydrogens is 340 g/mol. The van der Waals surface area contributed by atoms with Gasteiger partial charge in [0.25, 0.3) is 11.5 Å². The van der Waals surface area contributed by atoms with Crippen molar-refractivity contribution in [1.29, 1.82) is 0 Å². The summed E-state index contributed by atoms with van der Waals surface area (Å²) >= 11 is 0. The van der Waals surface area contributed by atoms with Gasteiger partial charge >= 0.3 is 0 Å². The van der Waals surface area contributed by atoms with Crippen molar-refractivity contribution < 1.29 is 13.6 Å². The fraction of sp³-hybridized carbons (Fsp3) is 0.421. The van der Waals surface area contributed by atoms with Crippen molar-refractivity contribution in [3.05, 3.63) is 63.3 Å². The Morgan fingerprint density at radius 3 is 2.88 bits per heavy atom. The van der Waals surface area contributed by atoms with Crippen LogP contribution in [-0.2, 0) is 6.42 Å². The highest BCUT2D eigenvalue weighted by atomic mass is 19.2. The van der Waals surface area contributed by atoms with E-state index in [4.69, 9.17) is 0 Å². The third-order valence-electron chi connectivity index (χ3n) is 4.79. The highest BCUT2D eigenvalue weighted by molar-refractivity contribution is 5.93. The number of amides is 1. The molecule has 26 heavy (non-hydrogen) atoms. The fourth-order valence-electron chi connectivity index (χ4n) is 3.36. The Morgan fingerprint density at radius 1 is 1.35 bits per heavy atom. The second-order valence-electron chi connectivity index (χ2n) is 6.76. The van der Waals surface area contributed by atoms with Gasteiger partial charge in [0.2, 0.25) is 0 Å². The lowest BCUT2D eigenvalue weighted by atomic mass is 9.91. The van der Waals surface area contributed by atoms with Crippen LogP contribution in [0.4, 0.5) is 8.78 Å². The Hall–Kier alpha value is -2.57. The minimum Gasteiger partial charge on any atom is -0.338 e. The smallest absolute Gasteiger partial charge is 0.263 e. The first-order valence-corrected chi connectivity index (χ1v) is 8.73. The van der Waals surface area contributed by atoms with Crippen molar-refractivity contribution in [2.75, 3.05) is 13.1 Å². The molecule has 1 aliphatic heterocycles. The molecule has 1 amide bonds. The quantitative estimate of drug-likeness (QED) is 0.911. The van der Waals surface area contributed by atoms with E-state index in [1.54, 1.807) is 17.9 Å². The van der Waals surface area contributed by atoms with E-state index in [0.717, 1.165) is 30.9 Å². The van der Waals surface area contributed by atoms with Gasteiger partial charge in [-0.3, -0.25) is 9.59 Å². The number of nitrogens with zero attached hydrogens (tertiary/aromatic N) is 2. The molecule has 1 aliphatic rings. The number of rotatable bonds is 4. The van der Waals surface area contributed by atoms with Crippen LogP contribution in [0, 0.1) is 24.5 Å². The number of carbonyl (C=O) groups excluding carboxylic acids is 1. The third kappa shape index (κ3) is 4.15. The van der Waals surface area contributed by atoms with Crippen molar-refractivity contribution >= 4 is 5.91 Å². The van der Waals surface area contributed by atoms with Gasteiger partial charge in [-0.2, -0.15) is 0 Å². The van der Waals surface area contributed by atoms with Gasteiger partial charge in [-0.1, -0.05) is 6.07 Å². The van der Waals surface area contributed by atoms with E-state index < -0.39 is 17.2 Å². The highest BCUT2D eigenvalue weighted by Crippen LogP contribution is 2.23. The predicted molar refractivity (Wildman–Crippen MR) is 92.9 cm³/mol. The zero-order valence-electron chi connectivity index (χ0n) is 14.6. The SMILES string of the molecule is Cc1ncc(C(=O)N2CCCC(CCc3ccc(F)c(F)c3)C2)c(=O)[nH]1. The minimum atomic E-state index is -0.847. The van der Waals surface area contributed by atoms with Gasteiger partial charge in [0, 0.05) is 19.3 Å². The number of carbonyl (C=O) groups is 1. The number of aromatic nitrogens is 2.